The molecule has 8 heteroatoms. The van der Waals surface area contributed by atoms with E-state index in [1.165, 1.54) is 7.11 Å². The van der Waals surface area contributed by atoms with Gasteiger partial charge in [-0.2, -0.15) is 10.2 Å². The first-order valence-electron chi connectivity index (χ1n) is 8.89. The van der Waals surface area contributed by atoms with E-state index in [-0.39, 0.29) is 18.4 Å². The molecule has 0 saturated carbocycles. The number of aromatic nitrogens is 4. The van der Waals surface area contributed by atoms with Crippen LogP contribution in [-0.4, -0.2) is 38.5 Å². The number of amides is 1. The smallest absolute Gasteiger partial charge is 0.338 e. The molecule has 2 heterocycles. The molecule has 0 aliphatic heterocycles. The lowest BCUT2D eigenvalue weighted by Gasteiger charge is -2.10. The average molecular weight is 381 g/mol. The Morgan fingerprint density at radius 1 is 1.11 bits per heavy atom. The molecule has 8 nitrogen and oxygen atoms in total. The van der Waals surface area contributed by atoms with Crippen LogP contribution in [0.5, 0.6) is 0 Å². The van der Waals surface area contributed by atoms with Gasteiger partial charge in [-0.25, -0.2) is 4.79 Å². The van der Waals surface area contributed by atoms with Crippen molar-refractivity contribution in [3.63, 3.8) is 0 Å². The van der Waals surface area contributed by atoms with Crippen molar-refractivity contribution in [1.82, 2.24) is 19.6 Å². The number of methoxy groups -OCH3 is 1. The van der Waals surface area contributed by atoms with E-state index < -0.39 is 0 Å². The molecule has 2 aromatic heterocycles. The SMILES string of the molecule is COC(=O)c1ccccc1Cn1nc(C)c(NC(=O)Cn2nccc2C)c1C. The van der Waals surface area contributed by atoms with Gasteiger partial charge in [0.15, 0.2) is 0 Å². The summed E-state index contributed by atoms with van der Waals surface area (Å²) in [6.07, 6.45) is 1.66. The number of aryl methyl sites for hydroxylation is 2. The maximum atomic E-state index is 12.4. The van der Waals surface area contributed by atoms with Crippen LogP contribution in [-0.2, 0) is 22.6 Å². The van der Waals surface area contributed by atoms with Crippen molar-refractivity contribution in [3.05, 3.63) is 64.7 Å². The topological polar surface area (TPSA) is 91.0 Å². The number of hydrogen-bond donors (Lipinski definition) is 1. The minimum atomic E-state index is -0.389. The van der Waals surface area contributed by atoms with Crippen molar-refractivity contribution in [3.8, 4) is 0 Å². The second-order valence-electron chi connectivity index (χ2n) is 6.53. The molecule has 1 amide bonds. The van der Waals surface area contributed by atoms with Gasteiger partial charge in [-0.1, -0.05) is 18.2 Å². The molecule has 3 aromatic rings. The van der Waals surface area contributed by atoms with Gasteiger partial charge in [-0.15, -0.1) is 0 Å². The summed E-state index contributed by atoms with van der Waals surface area (Å²) in [6, 6.07) is 9.09. The highest BCUT2D eigenvalue weighted by Gasteiger charge is 2.17. The van der Waals surface area contributed by atoms with Gasteiger partial charge in [0.25, 0.3) is 0 Å². The maximum absolute atomic E-state index is 12.4. The van der Waals surface area contributed by atoms with E-state index >= 15 is 0 Å². The van der Waals surface area contributed by atoms with Crippen molar-refractivity contribution in [2.75, 3.05) is 12.4 Å². The number of ether oxygens (including phenoxy) is 1. The lowest BCUT2D eigenvalue weighted by molar-refractivity contribution is -0.117. The molecule has 146 valence electrons. The number of esters is 1. The Labute approximate surface area is 163 Å². The minimum absolute atomic E-state index is 0.133. The van der Waals surface area contributed by atoms with E-state index in [4.69, 9.17) is 4.74 Å². The largest absolute Gasteiger partial charge is 0.465 e. The summed E-state index contributed by atoms with van der Waals surface area (Å²) in [4.78, 5) is 24.4. The molecular weight excluding hydrogens is 358 g/mol. The summed E-state index contributed by atoms with van der Waals surface area (Å²) in [5, 5.41) is 11.6. The van der Waals surface area contributed by atoms with Crippen LogP contribution in [0.25, 0.3) is 0 Å². The van der Waals surface area contributed by atoms with Crippen LogP contribution in [0.4, 0.5) is 5.69 Å². The molecule has 0 spiro atoms. The highest BCUT2D eigenvalue weighted by atomic mass is 16.5. The molecule has 0 radical (unpaired) electrons. The van der Waals surface area contributed by atoms with E-state index in [1.807, 2.05) is 39.0 Å². The van der Waals surface area contributed by atoms with E-state index in [2.05, 4.69) is 15.5 Å². The van der Waals surface area contributed by atoms with Crippen LogP contribution in [0.3, 0.4) is 0 Å². The van der Waals surface area contributed by atoms with Gasteiger partial charge in [-0.05, 0) is 38.5 Å². The predicted octanol–water partition coefficient (Wildman–Crippen LogP) is 2.48. The van der Waals surface area contributed by atoms with Gasteiger partial charge >= 0.3 is 5.97 Å². The fourth-order valence-electron chi connectivity index (χ4n) is 3.04. The van der Waals surface area contributed by atoms with E-state index in [0.29, 0.717) is 23.5 Å². The van der Waals surface area contributed by atoms with Crippen LogP contribution in [0.15, 0.2) is 36.5 Å². The summed E-state index contributed by atoms with van der Waals surface area (Å²) in [6.45, 7) is 6.15. The summed E-state index contributed by atoms with van der Waals surface area (Å²) >= 11 is 0. The Kier molecular flexibility index (Phi) is 5.58. The molecule has 0 aliphatic carbocycles. The second kappa shape index (κ2) is 8.08. The normalized spacial score (nSPS) is 10.7. The summed E-state index contributed by atoms with van der Waals surface area (Å²) in [7, 11) is 1.36. The quantitative estimate of drug-likeness (QED) is 0.663. The monoisotopic (exact) mass is 381 g/mol. The predicted molar refractivity (Wildman–Crippen MR) is 104 cm³/mol. The number of anilines is 1. The van der Waals surface area contributed by atoms with Crippen LogP contribution in [0.1, 0.15) is 33.0 Å². The van der Waals surface area contributed by atoms with Crippen LogP contribution < -0.4 is 5.32 Å². The summed E-state index contributed by atoms with van der Waals surface area (Å²) in [5.41, 5.74) is 4.40. The summed E-state index contributed by atoms with van der Waals surface area (Å²) < 4.78 is 8.26. The van der Waals surface area contributed by atoms with Gasteiger partial charge in [0, 0.05) is 11.9 Å². The highest BCUT2D eigenvalue weighted by Crippen LogP contribution is 2.21. The van der Waals surface area contributed by atoms with Gasteiger partial charge < -0.3 is 10.1 Å². The van der Waals surface area contributed by atoms with Crippen molar-refractivity contribution < 1.29 is 14.3 Å². The van der Waals surface area contributed by atoms with E-state index in [9.17, 15) is 9.59 Å². The third-order valence-electron chi connectivity index (χ3n) is 4.61. The van der Waals surface area contributed by atoms with Gasteiger partial charge in [-0.3, -0.25) is 14.2 Å². The van der Waals surface area contributed by atoms with Crippen molar-refractivity contribution in [1.29, 1.82) is 0 Å². The molecule has 0 saturated heterocycles. The molecule has 0 unspecified atom stereocenters. The molecule has 0 bridgehead atoms. The first-order valence-corrected chi connectivity index (χ1v) is 8.89. The van der Waals surface area contributed by atoms with Gasteiger partial charge in [0.05, 0.1) is 36.3 Å². The fraction of sp³-hybridized carbons (Fsp3) is 0.300. The lowest BCUT2D eigenvalue weighted by atomic mass is 10.1. The number of hydrogen-bond acceptors (Lipinski definition) is 5. The number of benzene rings is 1. The number of carbonyl (C=O) groups excluding carboxylic acids is 2. The van der Waals surface area contributed by atoms with Gasteiger partial charge in [0.2, 0.25) is 5.91 Å². The van der Waals surface area contributed by atoms with Crippen molar-refractivity contribution in [2.45, 2.75) is 33.9 Å². The lowest BCUT2D eigenvalue weighted by Crippen LogP contribution is -2.21. The zero-order chi connectivity index (χ0) is 20.3. The molecule has 0 fully saturated rings. The van der Waals surface area contributed by atoms with Crippen LogP contribution in [0, 0.1) is 20.8 Å². The van der Waals surface area contributed by atoms with Crippen molar-refractivity contribution >= 4 is 17.6 Å². The third kappa shape index (κ3) is 3.95. The van der Waals surface area contributed by atoms with Gasteiger partial charge in [0.1, 0.15) is 6.54 Å². The first-order chi connectivity index (χ1) is 13.4. The Morgan fingerprint density at radius 2 is 1.86 bits per heavy atom. The molecule has 0 aliphatic rings. The fourth-order valence-corrected chi connectivity index (χ4v) is 3.04. The number of nitrogens with one attached hydrogen (secondary N) is 1. The molecule has 28 heavy (non-hydrogen) atoms. The minimum Gasteiger partial charge on any atom is -0.465 e. The zero-order valence-corrected chi connectivity index (χ0v) is 16.4. The maximum Gasteiger partial charge on any atom is 0.338 e. The first kappa shape index (κ1) is 19.3. The zero-order valence-electron chi connectivity index (χ0n) is 16.4. The molecular formula is C20H23N5O3. The van der Waals surface area contributed by atoms with Crippen molar-refractivity contribution in [2.24, 2.45) is 0 Å². The van der Waals surface area contributed by atoms with Crippen LogP contribution in [0.2, 0.25) is 0 Å². The highest BCUT2D eigenvalue weighted by molar-refractivity contribution is 5.92. The third-order valence-corrected chi connectivity index (χ3v) is 4.61. The number of carbonyl (C=O) groups is 2. The van der Waals surface area contributed by atoms with E-state index in [1.54, 1.807) is 27.7 Å². The Morgan fingerprint density at radius 3 is 2.54 bits per heavy atom. The Bertz CT molecular complexity index is 1020. The second-order valence-corrected chi connectivity index (χ2v) is 6.53. The standard InChI is InChI=1S/C20H23N5O3/c1-13-9-10-21-24(13)12-18(26)22-19-14(2)23-25(15(19)3)11-16-7-5-6-8-17(16)20(27)28-4/h5-10H,11-12H2,1-4H3,(H,22,26). The Balaban J connectivity index is 1.80. The molecule has 0 atom stereocenters. The molecule has 1 aromatic carbocycles. The Hall–Kier alpha value is -3.42. The molecule has 1 N–H and O–H groups in total. The summed E-state index contributed by atoms with van der Waals surface area (Å²) in [5.74, 6) is -0.562. The number of rotatable bonds is 6. The molecule has 3 rings (SSSR count). The average Bonchev–Trinajstić information content (AvgIpc) is 3.19. The number of nitrogens with zero attached hydrogens (tertiary/aromatic N) is 4. The van der Waals surface area contributed by atoms with Crippen LogP contribution >= 0.6 is 0 Å². The van der Waals surface area contributed by atoms with E-state index in [0.717, 1.165) is 17.0 Å².